The maximum absolute atomic E-state index is 11.0. The lowest BCUT2D eigenvalue weighted by Crippen LogP contribution is -2.10. The van der Waals surface area contributed by atoms with E-state index in [0.717, 1.165) is 10.2 Å². The van der Waals surface area contributed by atoms with Crippen LogP contribution in [0.3, 0.4) is 0 Å². The number of hydrogen-bond donors (Lipinski definition) is 2. The van der Waals surface area contributed by atoms with Gasteiger partial charge in [0.1, 0.15) is 0 Å². The molecule has 0 aliphatic rings. The number of rotatable bonds is 3. The van der Waals surface area contributed by atoms with Crippen molar-refractivity contribution >= 4 is 44.9 Å². The minimum atomic E-state index is -0.560. The Labute approximate surface area is 101 Å². The molecule has 0 aliphatic carbocycles. The number of ether oxygens (including phenoxy) is 1. The normalized spacial score (nSPS) is 9.94. The largest absolute Gasteiger partial charge is 0.453 e. The lowest BCUT2D eigenvalue weighted by molar-refractivity contribution is -0.105. The van der Waals surface area contributed by atoms with Gasteiger partial charge >= 0.3 is 6.09 Å². The number of methoxy groups -OCH3 is 1. The second-order valence-electron chi connectivity index (χ2n) is 3.08. The first-order valence-electron chi connectivity index (χ1n) is 4.68. The van der Waals surface area contributed by atoms with Crippen LogP contribution in [0.2, 0.25) is 0 Å². The van der Waals surface area contributed by atoms with Gasteiger partial charge in [-0.2, -0.15) is 0 Å². The van der Waals surface area contributed by atoms with Gasteiger partial charge in [0.25, 0.3) is 0 Å². The summed E-state index contributed by atoms with van der Waals surface area (Å²) in [6.45, 7) is 0. The van der Waals surface area contributed by atoms with Crippen LogP contribution in [0, 0.1) is 0 Å². The Bertz CT molecular complexity index is 567. The number of anilines is 2. The first-order chi connectivity index (χ1) is 8.22. The molecule has 2 N–H and O–H groups in total. The molecule has 0 aliphatic heterocycles. The Balaban J connectivity index is 2.30. The molecular formula is C10H9N3O3S. The van der Waals surface area contributed by atoms with E-state index in [9.17, 15) is 9.59 Å². The monoisotopic (exact) mass is 251 g/mol. The van der Waals surface area contributed by atoms with Gasteiger partial charge in [-0.15, -0.1) is 0 Å². The molecule has 88 valence electrons. The third kappa shape index (κ3) is 2.51. The quantitative estimate of drug-likeness (QED) is 0.818. The molecule has 0 atom stereocenters. The fourth-order valence-corrected chi connectivity index (χ4v) is 2.17. The molecule has 7 heteroatoms. The van der Waals surface area contributed by atoms with Crippen LogP contribution in [0.25, 0.3) is 10.2 Å². The summed E-state index contributed by atoms with van der Waals surface area (Å²) in [7, 11) is 1.29. The zero-order chi connectivity index (χ0) is 12.3. The van der Waals surface area contributed by atoms with Crippen LogP contribution in [-0.4, -0.2) is 24.6 Å². The molecule has 2 aromatic rings. The van der Waals surface area contributed by atoms with E-state index in [-0.39, 0.29) is 0 Å². The van der Waals surface area contributed by atoms with E-state index < -0.39 is 6.09 Å². The lowest BCUT2D eigenvalue weighted by Gasteiger charge is -1.96. The number of nitrogens with zero attached hydrogens (tertiary/aromatic N) is 1. The maximum atomic E-state index is 11.0. The Morgan fingerprint density at radius 2 is 2.35 bits per heavy atom. The van der Waals surface area contributed by atoms with Crippen molar-refractivity contribution in [1.29, 1.82) is 0 Å². The van der Waals surface area contributed by atoms with Gasteiger partial charge in [-0.25, -0.2) is 9.78 Å². The van der Waals surface area contributed by atoms with Crippen LogP contribution in [0.1, 0.15) is 0 Å². The first kappa shape index (κ1) is 11.3. The van der Waals surface area contributed by atoms with Gasteiger partial charge < -0.3 is 10.1 Å². The SMILES string of the molecule is COC(=O)Nc1nc2ccc(NC=O)cc2s1. The van der Waals surface area contributed by atoms with Crippen molar-refractivity contribution in [2.24, 2.45) is 0 Å². The van der Waals surface area contributed by atoms with Crippen molar-refractivity contribution in [1.82, 2.24) is 4.98 Å². The highest BCUT2D eigenvalue weighted by Gasteiger charge is 2.07. The molecule has 6 nitrogen and oxygen atoms in total. The van der Waals surface area contributed by atoms with Gasteiger partial charge in [0.15, 0.2) is 5.13 Å². The molecule has 0 spiro atoms. The molecule has 0 fully saturated rings. The molecule has 0 bridgehead atoms. The molecule has 1 aromatic carbocycles. The van der Waals surface area contributed by atoms with Gasteiger partial charge in [0.2, 0.25) is 6.41 Å². The smallest absolute Gasteiger partial charge is 0.413 e. The molecule has 17 heavy (non-hydrogen) atoms. The van der Waals surface area contributed by atoms with Gasteiger partial charge in [0, 0.05) is 5.69 Å². The Kier molecular flexibility index (Phi) is 3.20. The standard InChI is InChI=1S/C10H9N3O3S/c1-16-10(15)13-9-12-7-3-2-6(11-5-14)4-8(7)17-9/h2-5H,1H3,(H,11,14)(H,12,13,15). The summed E-state index contributed by atoms with van der Waals surface area (Å²) in [6.07, 6.45) is 0.0470. The van der Waals surface area contributed by atoms with Crippen LogP contribution in [0.5, 0.6) is 0 Å². The number of thiazole rings is 1. The summed E-state index contributed by atoms with van der Waals surface area (Å²) >= 11 is 1.30. The maximum Gasteiger partial charge on any atom is 0.413 e. The predicted octanol–water partition coefficient (Wildman–Crippen LogP) is 2.04. The minimum Gasteiger partial charge on any atom is -0.453 e. The molecule has 2 amide bonds. The van der Waals surface area contributed by atoms with E-state index in [1.54, 1.807) is 18.2 Å². The van der Waals surface area contributed by atoms with E-state index in [0.29, 0.717) is 17.2 Å². The van der Waals surface area contributed by atoms with Crippen LogP contribution < -0.4 is 10.6 Å². The predicted molar refractivity (Wildman–Crippen MR) is 65.3 cm³/mol. The van der Waals surface area contributed by atoms with Crippen molar-refractivity contribution in [3.8, 4) is 0 Å². The highest BCUT2D eigenvalue weighted by molar-refractivity contribution is 7.22. The number of carbonyl (C=O) groups excluding carboxylic acids is 2. The van der Waals surface area contributed by atoms with Gasteiger partial charge in [-0.1, -0.05) is 11.3 Å². The summed E-state index contributed by atoms with van der Waals surface area (Å²) in [5.41, 5.74) is 1.43. The Morgan fingerprint density at radius 1 is 1.53 bits per heavy atom. The zero-order valence-corrected chi connectivity index (χ0v) is 9.71. The molecule has 0 unspecified atom stereocenters. The Morgan fingerprint density at radius 3 is 3.06 bits per heavy atom. The lowest BCUT2D eigenvalue weighted by atomic mass is 10.3. The fraction of sp³-hybridized carbons (Fsp3) is 0.100. The average molecular weight is 251 g/mol. The average Bonchev–Trinajstić information content (AvgIpc) is 2.70. The number of fused-ring (bicyclic) bond motifs is 1. The van der Waals surface area contributed by atoms with E-state index in [2.05, 4.69) is 20.4 Å². The number of carbonyl (C=O) groups is 2. The summed E-state index contributed by atoms with van der Waals surface area (Å²) < 4.78 is 5.33. The second-order valence-corrected chi connectivity index (χ2v) is 4.11. The Hall–Kier alpha value is -2.15. The highest BCUT2D eigenvalue weighted by atomic mass is 32.1. The molecule has 0 radical (unpaired) electrons. The molecule has 0 saturated carbocycles. The van der Waals surface area contributed by atoms with E-state index in [4.69, 9.17) is 0 Å². The molecule has 1 heterocycles. The first-order valence-corrected chi connectivity index (χ1v) is 5.50. The molecule has 2 rings (SSSR count). The van der Waals surface area contributed by atoms with Gasteiger partial charge in [0.05, 0.1) is 17.3 Å². The van der Waals surface area contributed by atoms with Crippen molar-refractivity contribution < 1.29 is 14.3 Å². The number of benzene rings is 1. The summed E-state index contributed by atoms with van der Waals surface area (Å²) in [5, 5.41) is 5.49. The fourth-order valence-electron chi connectivity index (χ4n) is 1.27. The van der Waals surface area contributed by atoms with Crippen LogP contribution >= 0.6 is 11.3 Å². The van der Waals surface area contributed by atoms with Crippen molar-refractivity contribution in [2.45, 2.75) is 0 Å². The van der Waals surface area contributed by atoms with Crippen LogP contribution in [0.15, 0.2) is 18.2 Å². The summed E-state index contributed by atoms with van der Waals surface area (Å²) in [6, 6.07) is 5.28. The van der Waals surface area contributed by atoms with Crippen molar-refractivity contribution in [3.05, 3.63) is 18.2 Å². The van der Waals surface area contributed by atoms with E-state index in [1.807, 2.05) is 0 Å². The summed E-state index contributed by atoms with van der Waals surface area (Å²) in [4.78, 5) is 25.5. The zero-order valence-electron chi connectivity index (χ0n) is 8.89. The molecule has 1 aromatic heterocycles. The van der Waals surface area contributed by atoms with Crippen LogP contribution in [-0.2, 0) is 9.53 Å². The van der Waals surface area contributed by atoms with Gasteiger partial charge in [-0.3, -0.25) is 10.1 Å². The number of aromatic nitrogens is 1. The van der Waals surface area contributed by atoms with Crippen molar-refractivity contribution in [3.63, 3.8) is 0 Å². The van der Waals surface area contributed by atoms with Crippen molar-refractivity contribution in [2.75, 3.05) is 17.7 Å². The number of hydrogen-bond acceptors (Lipinski definition) is 5. The highest BCUT2D eigenvalue weighted by Crippen LogP contribution is 2.28. The van der Waals surface area contributed by atoms with Crippen LogP contribution in [0.4, 0.5) is 15.6 Å². The van der Waals surface area contributed by atoms with E-state index in [1.165, 1.54) is 18.4 Å². The second kappa shape index (κ2) is 4.79. The topological polar surface area (TPSA) is 80.3 Å². The van der Waals surface area contributed by atoms with E-state index >= 15 is 0 Å². The van der Waals surface area contributed by atoms with Gasteiger partial charge in [-0.05, 0) is 18.2 Å². The molecule has 0 saturated heterocycles. The minimum absolute atomic E-state index is 0.454. The molecular weight excluding hydrogens is 242 g/mol. The number of nitrogens with one attached hydrogen (secondary N) is 2. The number of amides is 2. The third-order valence-electron chi connectivity index (χ3n) is 2.01. The third-order valence-corrected chi connectivity index (χ3v) is 2.94. The summed E-state index contributed by atoms with van der Waals surface area (Å²) in [5.74, 6) is 0.